The fourth-order valence-corrected chi connectivity index (χ4v) is 6.50. The maximum Gasteiger partial charge on any atom is 0.407 e. The van der Waals surface area contributed by atoms with E-state index < -0.39 is 17.6 Å². The van der Waals surface area contributed by atoms with Crippen LogP contribution in [0.2, 0.25) is 0 Å². The number of carbonyl (C=O) groups excluding carboxylic acids is 4. The number of likely N-dealkylation sites (tertiary alicyclic amines) is 1. The van der Waals surface area contributed by atoms with Gasteiger partial charge >= 0.3 is 6.09 Å². The number of anilines is 2. The lowest BCUT2D eigenvalue weighted by atomic mass is 10.0. The minimum atomic E-state index is -0.585. The van der Waals surface area contributed by atoms with Gasteiger partial charge in [0.1, 0.15) is 22.8 Å². The number of amides is 4. The van der Waals surface area contributed by atoms with E-state index >= 15 is 0 Å². The Morgan fingerprint density at radius 3 is 2.23 bits per heavy atom. The molecule has 1 heterocycles. The number of aryl methyl sites for hydroxylation is 1. The second-order valence-corrected chi connectivity index (χ2v) is 15.6. The van der Waals surface area contributed by atoms with E-state index in [1.807, 2.05) is 30.0 Å². The summed E-state index contributed by atoms with van der Waals surface area (Å²) in [6, 6.07) is 18.0. The molecular weight excluding hydrogens is 727 g/mol. The summed E-state index contributed by atoms with van der Waals surface area (Å²) < 4.78 is 22.9. The molecule has 4 rings (SSSR count). The Kier molecular flexibility index (Phi) is 16.6. The average molecular weight is 788 g/mol. The first-order valence-corrected chi connectivity index (χ1v) is 19.8. The first kappa shape index (κ1) is 44.4. The molecule has 310 valence electrons. The molecule has 0 radical (unpaired) electrons. The van der Waals surface area contributed by atoms with Crippen molar-refractivity contribution in [3.63, 3.8) is 0 Å². The van der Waals surface area contributed by atoms with Gasteiger partial charge in [-0.3, -0.25) is 14.4 Å². The van der Waals surface area contributed by atoms with Gasteiger partial charge in [-0.15, -0.1) is 0 Å². The number of rotatable bonds is 18. The highest BCUT2D eigenvalue weighted by Gasteiger charge is 2.24. The summed E-state index contributed by atoms with van der Waals surface area (Å²) in [4.78, 5) is 57.6. The lowest BCUT2D eigenvalue weighted by molar-refractivity contribution is -0.132. The quantitative estimate of drug-likeness (QED) is 0.127. The number of carbonyl (C=O) groups is 4. The van der Waals surface area contributed by atoms with Gasteiger partial charge in [-0.1, -0.05) is 18.2 Å². The van der Waals surface area contributed by atoms with Crippen molar-refractivity contribution < 1.29 is 38.1 Å². The highest BCUT2D eigenvalue weighted by Crippen LogP contribution is 2.32. The van der Waals surface area contributed by atoms with Crippen molar-refractivity contribution in [1.29, 1.82) is 0 Å². The van der Waals surface area contributed by atoms with E-state index in [1.165, 1.54) is 12.0 Å². The van der Waals surface area contributed by atoms with E-state index in [0.717, 1.165) is 50.8 Å². The molecule has 0 atom stereocenters. The van der Waals surface area contributed by atoms with Gasteiger partial charge in [0.2, 0.25) is 5.91 Å². The number of hydrogen-bond acceptors (Lipinski definition) is 9. The molecule has 1 aliphatic heterocycles. The Morgan fingerprint density at radius 1 is 0.825 bits per heavy atom. The normalized spacial score (nSPS) is 13.2. The van der Waals surface area contributed by atoms with Crippen LogP contribution in [-0.2, 0) is 9.53 Å². The highest BCUT2D eigenvalue weighted by atomic mass is 16.6. The van der Waals surface area contributed by atoms with Gasteiger partial charge in [-0.05, 0) is 128 Å². The van der Waals surface area contributed by atoms with E-state index in [2.05, 4.69) is 29.6 Å². The minimum absolute atomic E-state index is 0.232. The summed E-state index contributed by atoms with van der Waals surface area (Å²) in [5, 5.41) is 5.57. The number of para-hydroxylation sites is 1. The van der Waals surface area contributed by atoms with Crippen LogP contribution in [0, 0.1) is 6.92 Å². The molecule has 2 N–H and O–H groups in total. The van der Waals surface area contributed by atoms with Crippen molar-refractivity contribution in [2.24, 2.45) is 0 Å². The predicted molar refractivity (Wildman–Crippen MR) is 223 cm³/mol. The molecule has 0 spiro atoms. The summed E-state index contributed by atoms with van der Waals surface area (Å²) in [5.41, 5.74) is 2.10. The topological polar surface area (TPSA) is 139 Å². The summed E-state index contributed by atoms with van der Waals surface area (Å²) in [7, 11) is 7.36. The maximum atomic E-state index is 13.8. The second kappa shape index (κ2) is 21.3. The van der Waals surface area contributed by atoms with Crippen molar-refractivity contribution in [3.8, 4) is 17.2 Å². The van der Waals surface area contributed by atoms with Crippen LogP contribution in [0.5, 0.6) is 17.2 Å². The lowest BCUT2D eigenvalue weighted by Crippen LogP contribution is -2.44. The van der Waals surface area contributed by atoms with Crippen LogP contribution in [0.25, 0.3) is 0 Å². The monoisotopic (exact) mass is 787 g/mol. The molecule has 0 bridgehead atoms. The number of nitrogens with one attached hydrogen (secondary N) is 2. The minimum Gasteiger partial charge on any atom is -0.495 e. The van der Waals surface area contributed by atoms with E-state index in [0.29, 0.717) is 71.8 Å². The maximum absolute atomic E-state index is 13.8. The fraction of sp³-hybridized carbons (Fsp3) is 0.500. The zero-order chi connectivity index (χ0) is 41.5. The van der Waals surface area contributed by atoms with Crippen LogP contribution in [0.1, 0.15) is 92.0 Å². The van der Waals surface area contributed by atoms with Crippen LogP contribution < -0.4 is 29.7 Å². The van der Waals surface area contributed by atoms with E-state index in [-0.39, 0.29) is 18.4 Å². The van der Waals surface area contributed by atoms with Crippen LogP contribution in [0.15, 0.2) is 60.7 Å². The van der Waals surface area contributed by atoms with Crippen molar-refractivity contribution >= 4 is 35.2 Å². The Bertz CT molecular complexity index is 1820. The summed E-state index contributed by atoms with van der Waals surface area (Å²) >= 11 is 0. The number of unbranched alkanes of at least 4 members (excludes halogenated alkanes) is 2. The van der Waals surface area contributed by atoms with Crippen molar-refractivity contribution in [3.05, 3.63) is 77.4 Å². The average Bonchev–Trinajstić information content (AvgIpc) is 3.18. The molecule has 13 heteroatoms. The number of nitrogens with zero attached hydrogens (tertiary/aromatic N) is 3. The molecule has 0 unspecified atom stereocenters. The van der Waals surface area contributed by atoms with Crippen LogP contribution in [0.3, 0.4) is 0 Å². The SMILES string of the molecule is COc1cc(C(=O)N(C)c2ccc(C)cc2OCCCCCC(=O)N2CCC(N(C)C)CC2)ccc1NC(=O)c1ccccc1OCCCNC(=O)OC(C)(C)C. The van der Waals surface area contributed by atoms with E-state index in [1.54, 1.807) is 70.3 Å². The Labute approximate surface area is 338 Å². The Hall–Kier alpha value is -5.30. The van der Waals surface area contributed by atoms with Crippen LogP contribution in [0.4, 0.5) is 16.2 Å². The molecule has 4 amide bonds. The number of methoxy groups -OCH3 is 1. The Balaban J connectivity index is 1.29. The van der Waals surface area contributed by atoms with Crippen LogP contribution >= 0.6 is 0 Å². The zero-order valence-corrected chi connectivity index (χ0v) is 34.9. The molecule has 57 heavy (non-hydrogen) atoms. The fourth-order valence-electron chi connectivity index (χ4n) is 6.50. The summed E-state index contributed by atoms with van der Waals surface area (Å²) in [6.45, 7) is 10.1. The molecule has 1 aliphatic rings. The molecule has 1 saturated heterocycles. The van der Waals surface area contributed by atoms with Crippen molar-refractivity contribution in [1.82, 2.24) is 15.1 Å². The standard InChI is InChI=1S/C44H61N5O8/c1-31-18-21-36(39(29-31)56-27-13-9-10-17-40(50)49-25-22-33(23-26-49)47(5)6)48(7)42(52)32-19-20-35(38(30-32)54-8)46-41(51)34-15-11-12-16-37(34)55-28-14-24-45-43(53)57-44(2,3)4/h11-12,15-16,18-21,29-30,33H,9-10,13-14,17,22-28H2,1-8H3,(H,45,53)(H,46,51). The molecule has 0 aromatic heterocycles. The van der Waals surface area contributed by atoms with E-state index in [4.69, 9.17) is 18.9 Å². The number of ether oxygens (including phenoxy) is 4. The molecule has 3 aromatic carbocycles. The van der Waals surface area contributed by atoms with Crippen molar-refractivity contribution in [2.75, 3.05) is 71.3 Å². The van der Waals surface area contributed by atoms with Gasteiger partial charge in [0.15, 0.2) is 0 Å². The third-order valence-electron chi connectivity index (χ3n) is 9.70. The second-order valence-electron chi connectivity index (χ2n) is 15.6. The lowest BCUT2D eigenvalue weighted by Gasteiger charge is -2.35. The van der Waals surface area contributed by atoms with Crippen molar-refractivity contribution in [2.45, 2.75) is 84.3 Å². The van der Waals surface area contributed by atoms with Gasteiger partial charge in [-0.25, -0.2) is 4.79 Å². The third-order valence-corrected chi connectivity index (χ3v) is 9.70. The number of hydrogen-bond donors (Lipinski definition) is 2. The van der Waals surface area contributed by atoms with Gasteiger partial charge in [0, 0.05) is 44.7 Å². The van der Waals surface area contributed by atoms with Gasteiger partial charge in [0.05, 0.1) is 37.3 Å². The highest BCUT2D eigenvalue weighted by molar-refractivity contribution is 6.09. The zero-order valence-electron chi connectivity index (χ0n) is 34.9. The Morgan fingerprint density at radius 2 is 1.53 bits per heavy atom. The smallest absolute Gasteiger partial charge is 0.407 e. The summed E-state index contributed by atoms with van der Waals surface area (Å²) in [5.74, 6) is 0.828. The van der Waals surface area contributed by atoms with E-state index in [9.17, 15) is 19.2 Å². The molecule has 0 aliphatic carbocycles. The molecule has 0 saturated carbocycles. The number of piperidine rings is 1. The number of benzene rings is 3. The van der Waals surface area contributed by atoms with Gasteiger partial charge < -0.3 is 44.3 Å². The molecule has 1 fully saturated rings. The van der Waals surface area contributed by atoms with Crippen LogP contribution in [-0.4, -0.2) is 106 Å². The number of alkyl carbamates (subject to hydrolysis) is 1. The first-order chi connectivity index (χ1) is 27.2. The first-order valence-electron chi connectivity index (χ1n) is 19.8. The van der Waals surface area contributed by atoms with Gasteiger partial charge in [-0.2, -0.15) is 0 Å². The molecule has 13 nitrogen and oxygen atoms in total. The third kappa shape index (κ3) is 13.7. The molecule has 3 aromatic rings. The summed E-state index contributed by atoms with van der Waals surface area (Å²) in [6.07, 6.45) is 5.06. The largest absolute Gasteiger partial charge is 0.495 e. The molecular formula is C44H61N5O8. The van der Waals surface area contributed by atoms with Gasteiger partial charge in [0.25, 0.3) is 11.8 Å². The predicted octanol–water partition coefficient (Wildman–Crippen LogP) is 7.32.